The molecule has 0 radical (unpaired) electrons. The van der Waals surface area contributed by atoms with Gasteiger partial charge in [-0.15, -0.1) is 0 Å². The van der Waals surface area contributed by atoms with Crippen LogP contribution in [0, 0.1) is 5.82 Å². The molecule has 1 aliphatic rings. The minimum Gasteiger partial charge on any atom is -0.307 e. The van der Waals surface area contributed by atoms with Crippen molar-refractivity contribution in [3.05, 3.63) is 40.0 Å². The lowest BCUT2D eigenvalue weighted by molar-refractivity contribution is -0.115. The van der Waals surface area contributed by atoms with Crippen LogP contribution in [0.1, 0.15) is 11.1 Å². The summed E-state index contributed by atoms with van der Waals surface area (Å²) in [4.78, 5) is 22.0. The predicted octanol–water partition coefficient (Wildman–Crippen LogP) is 2.16. The molecule has 90 valence electrons. The molecule has 18 heavy (non-hydrogen) atoms. The van der Waals surface area contributed by atoms with Gasteiger partial charge in [0.1, 0.15) is 16.1 Å². The highest BCUT2D eigenvalue weighted by atomic mass is 32.2. The van der Waals surface area contributed by atoms with Crippen LogP contribution in [0.25, 0.3) is 12.2 Å². The van der Waals surface area contributed by atoms with Gasteiger partial charge in [0.05, 0.1) is 4.91 Å². The average molecular weight is 279 g/mol. The first-order valence-corrected chi connectivity index (χ1v) is 6.08. The smallest absolute Gasteiger partial charge is 0.263 e. The second-order valence-corrected chi connectivity index (χ2v) is 5.11. The standard InChI is InChI=1S/C12H6FNO2S2/c13-9-2-1-7(3-4-15)5-8(9)6-10-11(16)14-12(17)18-10/h1-3,5-6H,(H,14,16,17)/b10-6-. The molecule has 1 aromatic rings. The molecule has 0 aromatic heterocycles. The number of nitrogens with one attached hydrogen (secondary N) is 1. The summed E-state index contributed by atoms with van der Waals surface area (Å²) < 4.78 is 13.9. The van der Waals surface area contributed by atoms with Gasteiger partial charge in [-0.1, -0.05) is 30.0 Å². The summed E-state index contributed by atoms with van der Waals surface area (Å²) in [5.41, 5.74) is 0.741. The van der Waals surface area contributed by atoms with Crippen molar-refractivity contribution < 1.29 is 14.0 Å². The number of hydrogen-bond acceptors (Lipinski definition) is 4. The fraction of sp³-hybridized carbons (Fsp3) is 0. The van der Waals surface area contributed by atoms with Crippen molar-refractivity contribution in [2.24, 2.45) is 0 Å². The summed E-state index contributed by atoms with van der Waals surface area (Å²) in [6, 6.07) is 4.14. The summed E-state index contributed by atoms with van der Waals surface area (Å²) in [6.45, 7) is 0. The quantitative estimate of drug-likeness (QED) is 0.512. The number of carbonyl (C=O) groups excluding carboxylic acids is 2. The van der Waals surface area contributed by atoms with Crippen LogP contribution in [-0.4, -0.2) is 16.2 Å². The highest BCUT2D eigenvalue weighted by Crippen LogP contribution is 2.27. The summed E-state index contributed by atoms with van der Waals surface area (Å²) in [5.74, 6) is 0.795. The monoisotopic (exact) mass is 279 g/mol. The molecule has 3 nitrogen and oxygen atoms in total. The minimum absolute atomic E-state index is 0.223. The molecule has 0 spiro atoms. The number of thiocarbonyl (C=S) groups is 1. The van der Waals surface area contributed by atoms with E-state index >= 15 is 0 Å². The third-order valence-corrected chi connectivity index (χ3v) is 3.34. The maximum atomic E-state index is 13.6. The molecule has 0 atom stereocenters. The molecule has 0 bridgehead atoms. The van der Waals surface area contributed by atoms with Gasteiger partial charge in [-0.05, 0) is 23.8 Å². The van der Waals surface area contributed by atoms with Gasteiger partial charge in [-0.2, -0.15) is 0 Å². The maximum Gasteiger partial charge on any atom is 0.263 e. The molecule has 0 unspecified atom stereocenters. The minimum atomic E-state index is -0.475. The normalized spacial score (nSPS) is 16.6. The van der Waals surface area contributed by atoms with Crippen LogP contribution in [0.5, 0.6) is 0 Å². The lowest BCUT2D eigenvalue weighted by atomic mass is 10.1. The van der Waals surface area contributed by atoms with Gasteiger partial charge < -0.3 is 5.32 Å². The van der Waals surface area contributed by atoms with E-state index in [-0.39, 0.29) is 11.5 Å². The van der Waals surface area contributed by atoms with Gasteiger partial charge in [0.2, 0.25) is 0 Å². The van der Waals surface area contributed by atoms with E-state index in [2.05, 4.69) is 5.32 Å². The van der Waals surface area contributed by atoms with Crippen LogP contribution < -0.4 is 5.32 Å². The van der Waals surface area contributed by atoms with Crippen molar-refractivity contribution in [1.29, 1.82) is 0 Å². The Balaban J connectivity index is 2.42. The number of thioether (sulfide) groups is 1. The fourth-order valence-corrected chi connectivity index (χ4v) is 2.43. The van der Waals surface area contributed by atoms with Crippen LogP contribution in [0.15, 0.2) is 23.1 Å². The number of halogens is 1. The topological polar surface area (TPSA) is 46.2 Å². The summed E-state index contributed by atoms with van der Waals surface area (Å²) in [5, 5.41) is 2.44. The van der Waals surface area contributed by atoms with Gasteiger partial charge in [0.15, 0.2) is 0 Å². The lowest BCUT2D eigenvalue weighted by Crippen LogP contribution is -2.17. The molecule has 1 N–H and O–H groups in total. The number of carbonyl (C=O) groups is 1. The van der Waals surface area contributed by atoms with Crippen molar-refractivity contribution in [3.8, 4) is 0 Å². The third kappa shape index (κ3) is 2.73. The Labute approximate surface area is 112 Å². The molecular formula is C12H6FNO2S2. The first-order chi connectivity index (χ1) is 8.60. The number of hydrogen-bond donors (Lipinski definition) is 1. The Morgan fingerprint density at radius 3 is 2.83 bits per heavy atom. The third-order valence-electron chi connectivity index (χ3n) is 2.17. The van der Waals surface area contributed by atoms with Crippen molar-refractivity contribution >= 4 is 52.3 Å². The second-order valence-electron chi connectivity index (χ2n) is 3.40. The van der Waals surface area contributed by atoms with E-state index in [1.165, 1.54) is 30.4 Å². The number of rotatable bonds is 2. The van der Waals surface area contributed by atoms with E-state index in [1.807, 2.05) is 0 Å². The second kappa shape index (κ2) is 5.27. The molecule has 1 aliphatic heterocycles. The fourth-order valence-electron chi connectivity index (χ4n) is 1.39. The molecule has 1 saturated heterocycles. The first-order valence-electron chi connectivity index (χ1n) is 4.85. The molecule has 1 aromatic carbocycles. The largest absolute Gasteiger partial charge is 0.307 e. The number of amides is 1. The molecule has 1 amide bonds. The summed E-state index contributed by atoms with van der Waals surface area (Å²) in [6.07, 6.45) is 2.59. The molecule has 6 heteroatoms. The van der Waals surface area contributed by atoms with Crippen molar-refractivity contribution in [2.75, 3.05) is 0 Å². The van der Waals surface area contributed by atoms with Crippen LogP contribution in [-0.2, 0) is 9.59 Å². The lowest BCUT2D eigenvalue weighted by Gasteiger charge is -1.99. The van der Waals surface area contributed by atoms with E-state index in [9.17, 15) is 14.0 Å². The Morgan fingerprint density at radius 1 is 1.44 bits per heavy atom. The zero-order chi connectivity index (χ0) is 13.1. The van der Waals surface area contributed by atoms with Crippen LogP contribution in [0.3, 0.4) is 0 Å². The molecule has 0 aliphatic carbocycles. The van der Waals surface area contributed by atoms with Gasteiger partial charge >= 0.3 is 0 Å². The van der Waals surface area contributed by atoms with E-state index in [0.29, 0.717) is 14.8 Å². The molecular weight excluding hydrogens is 273 g/mol. The molecule has 1 heterocycles. The summed E-state index contributed by atoms with van der Waals surface area (Å²) in [7, 11) is 0. The highest BCUT2D eigenvalue weighted by molar-refractivity contribution is 8.26. The maximum absolute atomic E-state index is 13.6. The molecule has 2 rings (SSSR count). The van der Waals surface area contributed by atoms with E-state index in [1.54, 1.807) is 5.94 Å². The van der Waals surface area contributed by atoms with Gasteiger partial charge in [-0.3, -0.25) is 4.79 Å². The van der Waals surface area contributed by atoms with Crippen molar-refractivity contribution in [1.82, 2.24) is 5.32 Å². The Kier molecular flexibility index (Phi) is 3.72. The van der Waals surface area contributed by atoms with Gasteiger partial charge in [-0.25, -0.2) is 9.18 Å². The molecule has 1 fully saturated rings. The van der Waals surface area contributed by atoms with Gasteiger partial charge in [0, 0.05) is 11.6 Å². The predicted molar refractivity (Wildman–Crippen MR) is 72.9 cm³/mol. The Morgan fingerprint density at radius 2 is 2.22 bits per heavy atom. The van der Waals surface area contributed by atoms with Crippen LogP contribution in [0.2, 0.25) is 0 Å². The van der Waals surface area contributed by atoms with Crippen molar-refractivity contribution in [2.45, 2.75) is 0 Å². The van der Waals surface area contributed by atoms with Crippen LogP contribution in [0.4, 0.5) is 4.39 Å². The van der Waals surface area contributed by atoms with Gasteiger partial charge in [0.25, 0.3) is 5.91 Å². The average Bonchev–Trinajstić information content (AvgIpc) is 2.62. The zero-order valence-corrected chi connectivity index (χ0v) is 10.5. The van der Waals surface area contributed by atoms with Crippen LogP contribution >= 0.6 is 24.0 Å². The van der Waals surface area contributed by atoms with Crippen molar-refractivity contribution in [3.63, 3.8) is 0 Å². The summed E-state index contributed by atoms with van der Waals surface area (Å²) >= 11 is 5.90. The zero-order valence-electron chi connectivity index (χ0n) is 8.90. The Hall–Kier alpha value is -1.75. The highest BCUT2D eigenvalue weighted by Gasteiger charge is 2.22. The number of benzene rings is 1. The molecule has 0 saturated carbocycles. The SMILES string of the molecule is O=C=Cc1ccc(F)c(/C=C2\SC(=S)NC2=O)c1. The Bertz CT molecular complexity index is 619. The van der Waals surface area contributed by atoms with E-state index < -0.39 is 5.82 Å². The van der Waals surface area contributed by atoms with E-state index in [0.717, 1.165) is 11.8 Å². The first kappa shape index (κ1) is 12.7. The van der Waals surface area contributed by atoms with E-state index in [4.69, 9.17) is 12.2 Å².